The fourth-order valence-corrected chi connectivity index (χ4v) is 7.02. The molecule has 6 aromatic carbocycles. The lowest BCUT2D eigenvalue weighted by Gasteiger charge is -2.23. The zero-order valence-corrected chi connectivity index (χ0v) is 24.3. The van der Waals surface area contributed by atoms with E-state index in [2.05, 4.69) is 97.1 Å². The van der Waals surface area contributed by atoms with Gasteiger partial charge in [-0.2, -0.15) is 0 Å². The molecule has 0 fully saturated rings. The van der Waals surface area contributed by atoms with Gasteiger partial charge in [-0.15, -0.1) is 0 Å². The Morgan fingerprint density at radius 2 is 0.886 bits per heavy atom. The van der Waals surface area contributed by atoms with Crippen molar-refractivity contribution in [2.45, 2.75) is 25.2 Å². The van der Waals surface area contributed by atoms with Crippen molar-refractivity contribution in [3.8, 4) is 0 Å². The van der Waals surface area contributed by atoms with E-state index in [9.17, 15) is 9.59 Å². The van der Waals surface area contributed by atoms with E-state index in [1.165, 1.54) is 16.7 Å². The minimum absolute atomic E-state index is 0.00181. The largest absolute Gasteiger partial charge is 0.289 e. The SMILES string of the molecule is O=C1c2ccccc2Cc2ccc(Cc3ccc(C(c4ccccc4)c4ccc5c(c4)C(=O)c4ccccc4C5)cc3)cc21. The maximum absolute atomic E-state index is 13.5. The lowest BCUT2D eigenvalue weighted by molar-refractivity contribution is 0.102. The number of hydrogen-bond donors (Lipinski definition) is 0. The lowest BCUT2D eigenvalue weighted by Crippen LogP contribution is -2.16. The van der Waals surface area contributed by atoms with E-state index in [1.54, 1.807) is 0 Å². The van der Waals surface area contributed by atoms with Crippen LogP contribution in [0.3, 0.4) is 0 Å². The van der Waals surface area contributed by atoms with Crippen molar-refractivity contribution < 1.29 is 9.59 Å². The Morgan fingerprint density at radius 3 is 1.55 bits per heavy atom. The van der Waals surface area contributed by atoms with Gasteiger partial charge in [-0.1, -0.05) is 127 Å². The van der Waals surface area contributed by atoms with Gasteiger partial charge < -0.3 is 0 Å². The van der Waals surface area contributed by atoms with Crippen LogP contribution in [0, 0.1) is 0 Å². The molecule has 0 saturated carbocycles. The number of carbonyl (C=O) groups is 2. The first-order valence-electron chi connectivity index (χ1n) is 15.3. The average molecular weight is 567 g/mol. The third-order valence-electron chi connectivity index (χ3n) is 9.27. The molecule has 1 atom stereocenters. The van der Waals surface area contributed by atoms with E-state index >= 15 is 0 Å². The standard InChI is InChI=1S/C42H30O2/c43-41-36-12-6-4-10-31(36)24-33-19-16-28(23-38(33)41)22-27-14-17-30(18-15-27)40(29-8-2-1-3-9-29)35-21-20-34-25-32-11-5-7-13-37(32)42(44)39(34)26-35/h1-21,23,26,40H,22,24-25H2. The Hall–Kier alpha value is -5.34. The predicted molar refractivity (Wildman–Crippen MR) is 175 cm³/mol. The van der Waals surface area contributed by atoms with Crippen LogP contribution in [0.15, 0.2) is 140 Å². The van der Waals surface area contributed by atoms with E-state index in [4.69, 9.17) is 0 Å². The maximum Gasteiger partial charge on any atom is 0.193 e. The van der Waals surface area contributed by atoms with Gasteiger partial charge >= 0.3 is 0 Å². The van der Waals surface area contributed by atoms with E-state index in [0.717, 1.165) is 74.9 Å². The second-order valence-corrected chi connectivity index (χ2v) is 12.0. The summed E-state index contributed by atoms with van der Waals surface area (Å²) in [7, 11) is 0. The van der Waals surface area contributed by atoms with Gasteiger partial charge in [0.05, 0.1) is 0 Å². The first-order chi connectivity index (χ1) is 21.6. The molecule has 0 spiro atoms. The molecule has 210 valence electrons. The van der Waals surface area contributed by atoms with Crippen molar-refractivity contribution in [2.24, 2.45) is 0 Å². The molecule has 2 aliphatic carbocycles. The molecule has 0 aromatic heterocycles. The normalized spacial score (nSPS) is 13.8. The lowest BCUT2D eigenvalue weighted by atomic mass is 9.79. The Bertz CT molecular complexity index is 2070. The summed E-state index contributed by atoms with van der Waals surface area (Å²) in [5, 5.41) is 0. The molecule has 0 heterocycles. The zero-order chi connectivity index (χ0) is 29.6. The van der Waals surface area contributed by atoms with Gasteiger partial charge in [0.25, 0.3) is 0 Å². The number of fused-ring (bicyclic) bond motifs is 4. The van der Waals surface area contributed by atoms with Crippen LogP contribution in [0.4, 0.5) is 0 Å². The molecule has 44 heavy (non-hydrogen) atoms. The van der Waals surface area contributed by atoms with Crippen molar-refractivity contribution in [1.82, 2.24) is 0 Å². The Morgan fingerprint density at radius 1 is 0.409 bits per heavy atom. The van der Waals surface area contributed by atoms with Crippen molar-refractivity contribution in [3.05, 3.63) is 212 Å². The molecule has 2 aliphatic rings. The molecular weight excluding hydrogens is 536 g/mol. The average Bonchev–Trinajstić information content (AvgIpc) is 3.07. The van der Waals surface area contributed by atoms with Crippen molar-refractivity contribution >= 4 is 11.6 Å². The van der Waals surface area contributed by atoms with Crippen molar-refractivity contribution in [1.29, 1.82) is 0 Å². The van der Waals surface area contributed by atoms with Crippen LogP contribution >= 0.6 is 0 Å². The summed E-state index contributed by atoms with van der Waals surface area (Å²) in [5.74, 6) is 0.233. The summed E-state index contributed by atoms with van der Waals surface area (Å²) in [6.45, 7) is 0. The van der Waals surface area contributed by atoms with Crippen molar-refractivity contribution in [3.63, 3.8) is 0 Å². The third-order valence-corrected chi connectivity index (χ3v) is 9.27. The first kappa shape index (κ1) is 26.3. The van der Waals surface area contributed by atoms with Crippen LogP contribution in [0.25, 0.3) is 0 Å². The molecule has 0 N–H and O–H groups in total. The van der Waals surface area contributed by atoms with E-state index < -0.39 is 0 Å². The summed E-state index contributed by atoms with van der Waals surface area (Å²) in [6, 6.07) is 48.0. The molecule has 0 bridgehead atoms. The highest BCUT2D eigenvalue weighted by Crippen LogP contribution is 2.36. The molecule has 2 heteroatoms. The fraction of sp³-hybridized carbons (Fsp3) is 0.0952. The molecule has 0 radical (unpaired) electrons. The van der Waals surface area contributed by atoms with Crippen LogP contribution < -0.4 is 0 Å². The molecule has 1 unspecified atom stereocenters. The Kier molecular flexibility index (Phi) is 6.42. The molecule has 0 saturated heterocycles. The van der Waals surface area contributed by atoms with Crippen LogP contribution in [-0.4, -0.2) is 11.6 Å². The van der Waals surface area contributed by atoms with Gasteiger partial charge in [0, 0.05) is 28.2 Å². The molecule has 6 aromatic rings. The maximum atomic E-state index is 13.5. The van der Waals surface area contributed by atoms with Crippen LogP contribution in [0.5, 0.6) is 0 Å². The van der Waals surface area contributed by atoms with Gasteiger partial charge in [-0.25, -0.2) is 0 Å². The molecule has 8 rings (SSSR count). The van der Waals surface area contributed by atoms with E-state index in [-0.39, 0.29) is 17.5 Å². The summed E-state index contributed by atoms with van der Waals surface area (Å²) in [4.78, 5) is 26.8. The van der Waals surface area contributed by atoms with Gasteiger partial charge in [-0.05, 0) is 81.5 Å². The molecule has 0 aliphatic heterocycles. The van der Waals surface area contributed by atoms with Crippen molar-refractivity contribution in [2.75, 3.05) is 0 Å². The second kappa shape index (κ2) is 10.7. The minimum Gasteiger partial charge on any atom is -0.289 e. The second-order valence-electron chi connectivity index (χ2n) is 12.0. The summed E-state index contributed by atoms with van der Waals surface area (Å²) in [5.41, 5.74) is 13.5. The molecular formula is C42H30O2. The number of carbonyl (C=O) groups excluding carboxylic acids is 2. The molecule has 2 nitrogen and oxygen atoms in total. The van der Waals surface area contributed by atoms with Crippen LogP contribution in [0.1, 0.15) is 87.8 Å². The summed E-state index contributed by atoms with van der Waals surface area (Å²) >= 11 is 0. The fourth-order valence-electron chi connectivity index (χ4n) is 7.02. The van der Waals surface area contributed by atoms with Gasteiger partial charge in [0.15, 0.2) is 11.6 Å². The minimum atomic E-state index is 0.00181. The quantitative estimate of drug-likeness (QED) is 0.195. The summed E-state index contributed by atoms with van der Waals surface area (Å²) < 4.78 is 0. The van der Waals surface area contributed by atoms with Crippen LogP contribution in [-0.2, 0) is 19.3 Å². The number of hydrogen-bond acceptors (Lipinski definition) is 2. The monoisotopic (exact) mass is 566 g/mol. The third kappa shape index (κ3) is 4.60. The van der Waals surface area contributed by atoms with E-state index in [0.29, 0.717) is 0 Å². The van der Waals surface area contributed by atoms with E-state index in [1.807, 2.05) is 42.5 Å². The highest BCUT2D eigenvalue weighted by Gasteiger charge is 2.26. The highest BCUT2D eigenvalue weighted by molar-refractivity contribution is 6.13. The number of ketones is 2. The topological polar surface area (TPSA) is 34.1 Å². The molecule has 0 amide bonds. The Labute approximate surface area is 257 Å². The van der Waals surface area contributed by atoms with Gasteiger partial charge in [-0.3, -0.25) is 9.59 Å². The smallest absolute Gasteiger partial charge is 0.193 e. The van der Waals surface area contributed by atoms with Gasteiger partial charge in [0.1, 0.15) is 0 Å². The zero-order valence-electron chi connectivity index (χ0n) is 24.3. The predicted octanol–water partition coefficient (Wildman–Crippen LogP) is 8.73. The number of benzene rings is 6. The van der Waals surface area contributed by atoms with Gasteiger partial charge in [0.2, 0.25) is 0 Å². The Balaban J connectivity index is 1.10. The number of rotatable bonds is 5. The first-order valence-corrected chi connectivity index (χ1v) is 15.3. The summed E-state index contributed by atoms with van der Waals surface area (Å²) in [6.07, 6.45) is 2.34. The highest BCUT2D eigenvalue weighted by atomic mass is 16.1. The van der Waals surface area contributed by atoms with Crippen LogP contribution in [0.2, 0.25) is 0 Å².